The van der Waals surface area contributed by atoms with Gasteiger partial charge < -0.3 is 15.5 Å². The second-order valence-corrected chi connectivity index (χ2v) is 6.75. The molecule has 0 saturated carbocycles. The molecule has 5 nitrogen and oxygen atoms in total. The molecule has 0 aliphatic carbocycles. The number of para-hydroxylation sites is 1. The van der Waals surface area contributed by atoms with Crippen molar-refractivity contribution in [3.05, 3.63) is 77.6 Å². The van der Waals surface area contributed by atoms with Crippen LogP contribution < -0.4 is 15.5 Å². The molecule has 0 fully saturated rings. The van der Waals surface area contributed by atoms with Gasteiger partial charge in [-0.3, -0.25) is 9.78 Å². The number of carbonyl (C=O) groups excluding carboxylic acids is 1. The Labute approximate surface area is 160 Å². The number of benzene rings is 2. The van der Waals surface area contributed by atoms with E-state index in [-0.39, 0.29) is 5.91 Å². The molecule has 3 rings (SSSR count). The third kappa shape index (κ3) is 4.44. The van der Waals surface area contributed by atoms with Crippen LogP contribution in [0.5, 0.6) is 0 Å². The number of pyridine rings is 1. The van der Waals surface area contributed by atoms with Crippen molar-refractivity contribution in [3.63, 3.8) is 0 Å². The van der Waals surface area contributed by atoms with Gasteiger partial charge in [-0.2, -0.15) is 0 Å². The zero-order chi connectivity index (χ0) is 19.4. The maximum absolute atomic E-state index is 12.6. The quantitative estimate of drug-likeness (QED) is 0.689. The van der Waals surface area contributed by atoms with E-state index in [1.165, 1.54) is 0 Å². The molecule has 0 spiro atoms. The normalized spacial score (nSPS) is 10.4. The molecule has 2 N–H and O–H groups in total. The summed E-state index contributed by atoms with van der Waals surface area (Å²) in [6.07, 6.45) is 3.29. The lowest BCUT2D eigenvalue weighted by Crippen LogP contribution is -2.13. The van der Waals surface area contributed by atoms with Gasteiger partial charge in [0.2, 0.25) is 0 Å². The molecule has 0 aliphatic rings. The molecular formula is C22H24N4O. The fourth-order valence-electron chi connectivity index (χ4n) is 2.83. The Morgan fingerprint density at radius 2 is 1.59 bits per heavy atom. The highest BCUT2D eigenvalue weighted by Crippen LogP contribution is 2.24. The largest absolute Gasteiger partial charge is 0.378 e. The fourth-order valence-corrected chi connectivity index (χ4v) is 2.83. The number of aryl methyl sites for hydroxylation is 2. The van der Waals surface area contributed by atoms with Crippen molar-refractivity contribution < 1.29 is 4.79 Å². The van der Waals surface area contributed by atoms with Gasteiger partial charge in [-0.1, -0.05) is 18.2 Å². The van der Waals surface area contributed by atoms with Crippen LogP contribution in [0, 0.1) is 13.8 Å². The van der Waals surface area contributed by atoms with Crippen LogP contribution in [0.15, 0.2) is 60.9 Å². The van der Waals surface area contributed by atoms with E-state index in [2.05, 4.69) is 41.6 Å². The molecule has 138 valence electrons. The summed E-state index contributed by atoms with van der Waals surface area (Å²) in [5.74, 6) is -0.190. The lowest BCUT2D eigenvalue weighted by Gasteiger charge is -2.14. The van der Waals surface area contributed by atoms with Gasteiger partial charge >= 0.3 is 0 Å². The van der Waals surface area contributed by atoms with E-state index in [9.17, 15) is 4.79 Å². The highest BCUT2D eigenvalue weighted by Gasteiger charge is 2.09. The van der Waals surface area contributed by atoms with Gasteiger partial charge in [-0.05, 0) is 55.3 Å². The van der Waals surface area contributed by atoms with Crippen LogP contribution in [0.25, 0.3) is 0 Å². The smallest absolute Gasteiger partial charge is 0.257 e. The Kier molecular flexibility index (Phi) is 5.41. The minimum atomic E-state index is -0.190. The van der Waals surface area contributed by atoms with Crippen LogP contribution >= 0.6 is 0 Å². The predicted molar refractivity (Wildman–Crippen MR) is 112 cm³/mol. The van der Waals surface area contributed by atoms with Crippen molar-refractivity contribution in [2.24, 2.45) is 0 Å². The summed E-state index contributed by atoms with van der Waals surface area (Å²) in [5, 5.41) is 6.28. The number of hydrogen-bond donors (Lipinski definition) is 2. The number of anilines is 4. The van der Waals surface area contributed by atoms with Crippen molar-refractivity contribution in [2.45, 2.75) is 13.8 Å². The lowest BCUT2D eigenvalue weighted by molar-refractivity contribution is 0.102. The van der Waals surface area contributed by atoms with Gasteiger partial charge in [0.1, 0.15) is 0 Å². The molecule has 2 aromatic carbocycles. The summed E-state index contributed by atoms with van der Waals surface area (Å²) in [6, 6.07) is 15.6. The van der Waals surface area contributed by atoms with Crippen LogP contribution in [0.4, 0.5) is 22.7 Å². The maximum Gasteiger partial charge on any atom is 0.257 e. The molecule has 1 aromatic heterocycles. The second-order valence-electron chi connectivity index (χ2n) is 6.75. The number of aromatic nitrogens is 1. The topological polar surface area (TPSA) is 57.3 Å². The summed E-state index contributed by atoms with van der Waals surface area (Å²) in [7, 11) is 3.96. The third-order valence-corrected chi connectivity index (χ3v) is 4.39. The van der Waals surface area contributed by atoms with Crippen molar-refractivity contribution in [2.75, 3.05) is 29.6 Å². The maximum atomic E-state index is 12.6. The Morgan fingerprint density at radius 3 is 2.22 bits per heavy atom. The van der Waals surface area contributed by atoms with Crippen molar-refractivity contribution in [1.82, 2.24) is 4.98 Å². The molecular weight excluding hydrogens is 336 g/mol. The Balaban J connectivity index is 1.75. The van der Waals surface area contributed by atoms with Gasteiger partial charge in [0.15, 0.2) is 0 Å². The molecule has 27 heavy (non-hydrogen) atoms. The number of nitrogens with one attached hydrogen (secondary N) is 2. The summed E-state index contributed by atoms with van der Waals surface area (Å²) >= 11 is 0. The zero-order valence-corrected chi connectivity index (χ0v) is 16.1. The van der Waals surface area contributed by atoms with E-state index in [0.717, 1.165) is 33.9 Å². The standard InChI is InChI=1S/C22H24N4O/c1-15-6-5-7-16(2)21(15)24-19-12-17(13-23-14-19)22(27)25-18-8-10-20(11-9-18)26(3)4/h5-14,24H,1-4H3,(H,25,27). The average Bonchev–Trinajstić information content (AvgIpc) is 2.65. The molecule has 0 bridgehead atoms. The van der Waals surface area contributed by atoms with Gasteiger partial charge in [-0.25, -0.2) is 0 Å². The third-order valence-electron chi connectivity index (χ3n) is 4.39. The molecule has 0 radical (unpaired) electrons. The molecule has 0 aliphatic heterocycles. The van der Waals surface area contributed by atoms with E-state index < -0.39 is 0 Å². The molecule has 0 atom stereocenters. The number of hydrogen-bond acceptors (Lipinski definition) is 4. The second kappa shape index (κ2) is 7.91. The van der Waals surface area contributed by atoms with Crippen LogP contribution in [0.1, 0.15) is 21.5 Å². The number of rotatable bonds is 5. The highest BCUT2D eigenvalue weighted by molar-refractivity contribution is 6.04. The monoisotopic (exact) mass is 360 g/mol. The van der Waals surface area contributed by atoms with E-state index >= 15 is 0 Å². The summed E-state index contributed by atoms with van der Waals surface area (Å²) < 4.78 is 0. The SMILES string of the molecule is Cc1cccc(C)c1Nc1cncc(C(=O)Nc2ccc(N(C)C)cc2)c1. The molecule has 1 heterocycles. The van der Waals surface area contributed by atoms with Crippen LogP contribution in [0.3, 0.4) is 0 Å². The van der Waals surface area contributed by atoms with E-state index in [4.69, 9.17) is 0 Å². The van der Waals surface area contributed by atoms with Gasteiger partial charge in [0.05, 0.1) is 17.4 Å². The Bertz CT molecular complexity index is 929. The number of carbonyl (C=O) groups is 1. The molecule has 0 saturated heterocycles. The first-order chi connectivity index (χ1) is 12.9. The minimum absolute atomic E-state index is 0.190. The fraction of sp³-hybridized carbons (Fsp3) is 0.182. The molecule has 3 aromatic rings. The molecule has 0 unspecified atom stereocenters. The number of amides is 1. The molecule has 5 heteroatoms. The first-order valence-electron chi connectivity index (χ1n) is 8.81. The van der Waals surface area contributed by atoms with Crippen LogP contribution in [0.2, 0.25) is 0 Å². The Hall–Kier alpha value is -3.34. The van der Waals surface area contributed by atoms with Crippen LogP contribution in [-0.4, -0.2) is 25.0 Å². The average molecular weight is 360 g/mol. The van der Waals surface area contributed by atoms with Crippen molar-refractivity contribution in [1.29, 1.82) is 0 Å². The van der Waals surface area contributed by atoms with Crippen molar-refractivity contribution >= 4 is 28.7 Å². The minimum Gasteiger partial charge on any atom is -0.378 e. The number of nitrogens with zero attached hydrogens (tertiary/aromatic N) is 2. The van der Waals surface area contributed by atoms with Crippen LogP contribution in [-0.2, 0) is 0 Å². The van der Waals surface area contributed by atoms with Gasteiger partial charge in [0.25, 0.3) is 5.91 Å². The summed E-state index contributed by atoms with van der Waals surface area (Å²) in [6.45, 7) is 4.10. The first kappa shape index (κ1) is 18.5. The summed E-state index contributed by atoms with van der Waals surface area (Å²) in [5.41, 5.74) is 6.44. The Morgan fingerprint density at radius 1 is 0.926 bits per heavy atom. The van der Waals surface area contributed by atoms with Gasteiger partial charge in [-0.15, -0.1) is 0 Å². The predicted octanol–water partition coefficient (Wildman–Crippen LogP) is 4.76. The van der Waals surface area contributed by atoms with E-state index in [0.29, 0.717) is 5.56 Å². The van der Waals surface area contributed by atoms with E-state index in [1.54, 1.807) is 12.4 Å². The lowest BCUT2D eigenvalue weighted by atomic mass is 10.1. The van der Waals surface area contributed by atoms with Gasteiger partial charge in [0, 0.05) is 37.4 Å². The van der Waals surface area contributed by atoms with Crippen molar-refractivity contribution in [3.8, 4) is 0 Å². The molecule has 1 amide bonds. The first-order valence-corrected chi connectivity index (χ1v) is 8.81. The summed E-state index contributed by atoms with van der Waals surface area (Å²) in [4.78, 5) is 18.8. The highest BCUT2D eigenvalue weighted by atomic mass is 16.1. The zero-order valence-electron chi connectivity index (χ0n) is 16.1. The van der Waals surface area contributed by atoms with E-state index in [1.807, 2.05) is 55.4 Å².